The molecule has 2 aromatic rings. The van der Waals surface area contributed by atoms with Gasteiger partial charge in [-0.3, -0.25) is 9.71 Å². The highest BCUT2D eigenvalue weighted by Crippen LogP contribution is 2.20. The number of hydrogen-bond donors (Lipinski definition) is 2. The van der Waals surface area contributed by atoms with Gasteiger partial charge in [0.1, 0.15) is 0 Å². The predicted octanol–water partition coefficient (Wildman–Crippen LogP) is 2.19. The minimum atomic E-state index is -3.84. The molecule has 1 aromatic carbocycles. The Morgan fingerprint density at radius 1 is 1.30 bits per heavy atom. The van der Waals surface area contributed by atoms with Gasteiger partial charge >= 0.3 is 5.97 Å². The second-order valence-corrected chi connectivity index (χ2v) is 6.64. The van der Waals surface area contributed by atoms with Gasteiger partial charge in [-0.1, -0.05) is 0 Å². The first-order valence-electron chi connectivity index (χ1n) is 5.36. The molecular formula is C12H9IN2O4S. The lowest BCUT2D eigenvalue weighted by atomic mass is 10.2. The first-order chi connectivity index (χ1) is 9.40. The van der Waals surface area contributed by atoms with E-state index in [1.54, 1.807) is 12.1 Å². The first kappa shape index (κ1) is 14.7. The van der Waals surface area contributed by atoms with Gasteiger partial charge in [0.05, 0.1) is 22.3 Å². The fourth-order valence-electron chi connectivity index (χ4n) is 1.47. The van der Waals surface area contributed by atoms with Crippen LogP contribution in [-0.2, 0) is 10.0 Å². The molecule has 6 nitrogen and oxygen atoms in total. The van der Waals surface area contributed by atoms with E-state index in [1.165, 1.54) is 24.5 Å². The Morgan fingerprint density at radius 2 is 2.05 bits per heavy atom. The molecule has 1 heterocycles. The lowest BCUT2D eigenvalue weighted by Crippen LogP contribution is -2.14. The average Bonchev–Trinajstić information content (AvgIpc) is 2.39. The predicted molar refractivity (Wildman–Crippen MR) is 81.2 cm³/mol. The molecule has 0 aliphatic carbocycles. The maximum atomic E-state index is 12.2. The second-order valence-electron chi connectivity index (χ2n) is 3.79. The highest BCUT2D eigenvalue weighted by Gasteiger charge is 2.18. The maximum absolute atomic E-state index is 12.2. The Morgan fingerprint density at radius 3 is 2.65 bits per heavy atom. The summed E-state index contributed by atoms with van der Waals surface area (Å²) < 4.78 is 27.1. The van der Waals surface area contributed by atoms with Crippen molar-refractivity contribution < 1.29 is 18.3 Å². The normalized spacial score (nSPS) is 11.1. The Labute approximate surface area is 129 Å². The third-order valence-electron chi connectivity index (χ3n) is 2.39. The third kappa shape index (κ3) is 3.25. The fourth-order valence-corrected chi connectivity index (χ4v) is 3.11. The number of pyridine rings is 1. The van der Waals surface area contributed by atoms with Gasteiger partial charge in [0.25, 0.3) is 10.0 Å². The van der Waals surface area contributed by atoms with Crippen molar-refractivity contribution in [2.75, 3.05) is 4.72 Å². The number of carbonyl (C=O) groups is 1. The van der Waals surface area contributed by atoms with E-state index in [2.05, 4.69) is 9.71 Å². The lowest BCUT2D eigenvalue weighted by Gasteiger charge is -2.08. The maximum Gasteiger partial charge on any atom is 0.336 e. The van der Waals surface area contributed by atoms with Gasteiger partial charge in [0.2, 0.25) is 0 Å². The molecule has 2 rings (SSSR count). The fraction of sp³-hybridized carbons (Fsp3) is 0. The Hall–Kier alpha value is -1.68. The third-order valence-corrected chi connectivity index (χ3v) is 4.71. The number of halogens is 1. The monoisotopic (exact) mass is 404 g/mol. The molecule has 0 radical (unpaired) electrons. The zero-order chi connectivity index (χ0) is 14.8. The summed E-state index contributed by atoms with van der Waals surface area (Å²) in [5, 5.41) is 9.02. The number of nitrogens with zero attached hydrogens (tertiary/aromatic N) is 1. The molecule has 0 saturated heterocycles. The summed E-state index contributed by atoms with van der Waals surface area (Å²) in [6.07, 6.45) is 2.88. The Kier molecular flexibility index (Phi) is 4.23. The van der Waals surface area contributed by atoms with Crippen LogP contribution in [-0.4, -0.2) is 24.5 Å². The minimum absolute atomic E-state index is 0.0559. The van der Waals surface area contributed by atoms with Gasteiger partial charge in [-0.15, -0.1) is 0 Å². The molecule has 104 valence electrons. The average molecular weight is 404 g/mol. The van der Waals surface area contributed by atoms with Crippen molar-refractivity contribution in [2.24, 2.45) is 0 Å². The second kappa shape index (κ2) is 5.75. The summed E-state index contributed by atoms with van der Waals surface area (Å²) >= 11 is 1.84. The van der Waals surface area contributed by atoms with Crippen LogP contribution < -0.4 is 4.72 Å². The van der Waals surface area contributed by atoms with Crippen LogP contribution in [0.1, 0.15) is 10.4 Å². The lowest BCUT2D eigenvalue weighted by molar-refractivity contribution is 0.0695. The summed E-state index contributed by atoms with van der Waals surface area (Å²) in [5.74, 6) is -1.17. The number of anilines is 1. The van der Waals surface area contributed by atoms with E-state index < -0.39 is 16.0 Å². The van der Waals surface area contributed by atoms with Gasteiger partial charge in [-0.05, 0) is 52.9 Å². The number of sulfonamides is 1. The molecule has 0 spiro atoms. The molecule has 0 fully saturated rings. The summed E-state index contributed by atoms with van der Waals surface area (Å²) in [5.41, 5.74) is 0.252. The summed E-state index contributed by atoms with van der Waals surface area (Å²) in [7, 11) is -3.84. The van der Waals surface area contributed by atoms with E-state index in [-0.39, 0.29) is 10.5 Å². The van der Waals surface area contributed by atoms with Crippen LogP contribution in [0.2, 0.25) is 0 Å². The van der Waals surface area contributed by atoms with Gasteiger partial charge in [0.15, 0.2) is 0 Å². The number of aromatic carboxylic acids is 1. The SMILES string of the molecule is O=C(O)c1cc(S(=O)(=O)Nc2cccnc2)ccc1I. The largest absolute Gasteiger partial charge is 0.478 e. The zero-order valence-electron chi connectivity index (χ0n) is 9.95. The van der Waals surface area contributed by atoms with Crippen LogP contribution in [0.15, 0.2) is 47.6 Å². The number of carboxylic acids is 1. The highest BCUT2D eigenvalue weighted by atomic mass is 127. The van der Waals surface area contributed by atoms with Crippen molar-refractivity contribution in [3.05, 3.63) is 51.9 Å². The summed E-state index contributed by atoms with van der Waals surface area (Å²) in [6.45, 7) is 0. The van der Waals surface area contributed by atoms with Crippen molar-refractivity contribution in [1.82, 2.24) is 4.98 Å². The number of nitrogens with one attached hydrogen (secondary N) is 1. The molecule has 0 saturated carbocycles. The van der Waals surface area contributed by atoms with Crippen LogP contribution >= 0.6 is 22.6 Å². The van der Waals surface area contributed by atoms with Crippen LogP contribution in [0.25, 0.3) is 0 Å². The van der Waals surface area contributed by atoms with Crippen LogP contribution in [0, 0.1) is 3.57 Å². The van der Waals surface area contributed by atoms with E-state index in [0.29, 0.717) is 9.26 Å². The smallest absolute Gasteiger partial charge is 0.336 e. The standard InChI is InChI=1S/C12H9IN2O4S/c13-11-4-3-9(6-10(11)12(16)17)20(18,19)15-8-2-1-5-14-7-8/h1-7,15H,(H,16,17). The van der Waals surface area contributed by atoms with Crippen molar-refractivity contribution in [2.45, 2.75) is 4.90 Å². The molecule has 0 amide bonds. The van der Waals surface area contributed by atoms with Crippen molar-refractivity contribution >= 4 is 44.3 Å². The number of carboxylic acid groups (broad SMARTS) is 1. The van der Waals surface area contributed by atoms with Crippen LogP contribution in [0.4, 0.5) is 5.69 Å². The molecule has 0 aliphatic heterocycles. The van der Waals surface area contributed by atoms with E-state index in [1.807, 2.05) is 22.6 Å². The molecule has 0 aliphatic rings. The highest BCUT2D eigenvalue weighted by molar-refractivity contribution is 14.1. The van der Waals surface area contributed by atoms with Crippen LogP contribution in [0.5, 0.6) is 0 Å². The van der Waals surface area contributed by atoms with Gasteiger partial charge in [-0.2, -0.15) is 0 Å². The van der Waals surface area contributed by atoms with E-state index in [9.17, 15) is 13.2 Å². The molecule has 0 bridgehead atoms. The topological polar surface area (TPSA) is 96.4 Å². The Bertz CT molecular complexity index is 747. The van der Waals surface area contributed by atoms with E-state index >= 15 is 0 Å². The van der Waals surface area contributed by atoms with Gasteiger partial charge < -0.3 is 5.11 Å². The van der Waals surface area contributed by atoms with Crippen molar-refractivity contribution in [3.63, 3.8) is 0 Å². The van der Waals surface area contributed by atoms with Gasteiger partial charge in [-0.25, -0.2) is 13.2 Å². The minimum Gasteiger partial charge on any atom is -0.478 e. The number of aromatic nitrogens is 1. The number of rotatable bonds is 4. The number of hydrogen-bond acceptors (Lipinski definition) is 4. The molecule has 8 heteroatoms. The first-order valence-corrected chi connectivity index (χ1v) is 7.92. The zero-order valence-corrected chi connectivity index (χ0v) is 12.9. The Balaban J connectivity index is 2.40. The number of benzene rings is 1. The van der Waals surface area contributed by atoms with Crippen molar-refractivity contribution in [1.29, 1.82) is 0 Å². The van der Waals surface area contributed by atoms with Crippen LogP contribution in [0.3, 0.4) is 0 Å². The van der Waals surface area contributed by atoms with Gasteiger partial charge in [0, 0.05) is 9.77 Å². The summed E-state index contributed by atoms with van der Waals surface area (Å²) in [4.78, 5) is 14.7. The quantitative estimate of drug-likeness (QED) is 0.762. The molecular weight excluding hydrogens is 395 g/mol. The summed E-state index contributed by atoms with van der Waals surface area (Å²) in [6, 6.07) is 7.07. The molecule has 0 unspecified atom stereocenters. The van der Waals surface area contributed by atoms with E-state index in [0.717, 1.165) is 6.07 Å². The molecule has 0 atom stereocenters. The molecule has 1 aromatic heterocycles. The molecule has 20 heavy (non-hydrogen) atoms. The molecule has 2 N–H and O–H groups in total. The van der Waals surface area contributed by atoms with Crippen molar-refractivity contribution in [3.8, 4) is 0 Å². The van der Waals surface area contributed by atoms with E-state index in [4.69, 9.17) is 5.11 Å².